The molecule has 25 heavy (non-hydrogen) atoms. The number of urea groups is 1. The van der Waals surface area contributed by atoms with E-state index in [-0.39, 0.29) is 37.9 Å². The minimum absolute atomic E-state index is 0.00958. The van der Waals surface area contributed by atoms with E-state index in [0.717, 1.165) is 16.0 Å². The molecule has 1 fully saturated rings. The Hall–Kier alpha value is -2.90. The quantitative estimate of drug-likeness (QED) is 0.526. The molecule has 2 rings (SSSR count). The molecule has 2 N–H and O–H groups in total. The van der Waals surface area contributed by atoms with Crippen LogP contribution in [0, 0.1) is 6.92 Å². The summed E-state index contributed by atoms with van der Waals surface area (Å²) < 4.78 is 4.89. The Morgan fingerprint density at radius 1 is 1.28 bits per heavy atom. The Balaban J connectivity index is 1.61. The summed E-state index contributed by atoms with van der Waals surface area (Å²) >= 11 is 0. The van der Waals surface area contributed by atoms with Crippen molar-refractivity contribution in [3.8, 4) is 0 Å². The molecule has 1 aliphatic heterocycles. The molecule has 0 atom stereocenters. The first-order chi connectivity index (χ1) is 12.0. The van der Waals surface area contributed by atoms with E-state index in [1.807, 2.05) is 31.2 Å². The zero-order valence-electron chi connectivity index (χ0n) is 14.0. The van der Waals surface area contributed by atoms with Crippen LogP contribution in [0.4, 0.5) is 4.79 Å². The SMILES string of the molecule is Cc1ccccc1CNC(=O)COC(=O)CCCN1C(=O)CNC1=O. The topological polar surface area (TPSA) is 105 Å². The summed E-state index contributed by atoms with van der Waals surface area (Å²) in [5, 5.41) is 5.08. The largest absolute Gasteiger partial charge is 0.456 e. The van der Waals surface area contributed by atoms with Crippen LogP contribution in [0.15, 0.2) is 24.3 Å². The van der Waals surface area contributed by atoms with Gasteiger partial charge in [0.15, 0.2) is 6.61 Å². The van der Waals surface area contributed by atoms with Gasteiger partial charge < -0.3 is 15.4 Å². The number of nitrogens with one attached hydrogen (secondary N) is 2. The fourth-order valence-electron chi connectivity index (χ4n) is 2.33. The molecule has 134 valence electrons. The Kier molecular flexibility index (Phi) is 6.50. The molecule has 1 heterocycles. The predicted octanol–water partition coefficient (Wildman–Crippen LogP) is 0.486. The highest BCUT2D eigenvalue weighted by Gasteiger charge is 2.27. The lowest BCUT2D eigenvalue weighted by molar-refractivity contribution is -0.148. The summed E-state index contributed by atoms with van der Waals surface area (Å²) in [4.78, 5) is 47.0. The van der Waals surface area contributed by atoms with Crippen molar-refractivity contribution in [3.05, 3.63) is 35.4 Å². The van der Waals surface area contributed by atoms with Crippen molar-refractivity contribution in [2.45, 2.75) is 26.3 Å². The zero-order valence-corrected chi connectivity index (χ0v) is 14.0. The standard InChI is InChI=1S/C17H21N3O5/c1-12-5-2-3-6-13(12)9-18-14(21)11-25-16(23)7-4-8-20-15(22)10-19-17(20)24/h2-3,5-6H,4,7-11H2,1H3,(H,18,21)(H,19,24). The van der Waals surface area contributed by atoms with Crippen LogP contribution in [0.1, 0.15) is 24.0 Å². The Labute approximate surface area is 145 Å². The summed E-state index contributed by atoms with van der Waals surface area (Å²) in [5.41, 5.74) is 2.07. The number of carbonyl (C=O) groups is 4. The number of benzene rings is 1. The maximum Gasteiger partial charge on any atom is 0.324 e. The molecule has 1 aromatic rings. The first-order valence-electron chi connectivity index (χ1n) is 8.02. The van der Waals surface area contributed by atoms with E-state index in [4.69, 9.17) is 4.74 Å². The lowest BCUT2D eigenvalue weighted by Gasteiger charge is -2.11. The van der Waals surface area contributed by atoms with E-state index in [1.165, 1.54) is 0 Å². The van der Waals surface area contributed by atoms with E-state index < -0.39 is 12.0 Å². The van der Waals surface area contributed by atoms with Crippen molar-refractivity contribution < 1.29 is 23.9 Å². The second-order valence-corrected chi connectivity index (χ2v) is 5.67. The Morgan fingerprint density at radius 3 is 2.72 bits per heavy atom. The van der Waals surface area contributed by atoms with Crippen LogP contribution in [0.2, 0.25) is 0 Å². The molecule has 4 amide bonds. The zero-order chi connectivity index (χ0) is 18.2. The molecule has 8 nitrogen and oxygen atoms in total. The van der Waals surface area contributed by atoms with Crippen LogP contribution in [0.25, 0.3) is 0 Å². The molecule has 1 saturated heterocycles. The average Bonchev–Trinajstić information content (AvgIpc) is 2.91. The molecule has 0 aliphatic carbocycles. The van der Waals surface area contributed by atoms with Gasteiger partial charge in [0.2, 0.25) is 5.91 Å². The lowest BCUT2D eigenvalue weighted by atomic mass is 10.1. The van der Waals surface area contributed by atoms with Gasteiger partial charge in [0.1, 0.15) is 0 Å². The van der Waals surface area contributed by atoms with Gasteiger partial charge >= 0.3 is 12.0 Å². The van der Waals surface area contributed by atoms with Crippen molar-refractivity contribution in [1.82, 2.24) is 15.5 Å². The summed E-state index contributed by atoms with van der Waals surface area (Å²) in [7, 11) is 0. The summed E-state index contributed by atoms with van der Waals surface area (Å²) in [5.74, 6) is -1.24. The molecule has 1 aromatic carbocycles. The van der Waals surface area contributed by atoms with Crippen molar-refractivity contribution in [2.75, 3.05) is 19.7 Å². The summed E-state index contributed by atoms with van der Waals surface area (Å²) in [6, 6.07) is 7.22. The summed E-state index contributed by atoms with van der Waals surface area (Å²) in [6.45, 7) is 2.11. The third-order valence-electron chi connectivity index (χ3n) is 3.80. The van der Waals surface area contributed by atoms with Gasteiger partial charge in [-0.05, 0) is 24.5 Å². The second kappa shape index (κ2) is 8.81. The second-order valence-electron chi connectivity index (χ2n) is 5.67. The number of amides is 4. The molecule has 0 bridgehead atoms. The molecule has 0 aromatic heterocycles. The van der Waals surface area contributed by atoms with Crippen LogP contribution in [-0.4, -0.2) is 48.4 Å². The molecule has 0 radical (unpaired) electrons. The van der Waals surface area contributed by atoms with Crippen molar-refractivity contribution in [3.63, 3.8) is 0 Å². The van der Waals surface area contributed by atoms with Crippen molar-refractivity contribution in [2.24, 2.45) is 0 Å². The van der Waals surface area contributed by atoms with Gasteiger partial charge in [-0.15, -0.1) is 0 Å². The lowest BCUT2D eigenvalue weighted by Crippen LogP contribution is -2.32. The molecular formula is C17H21N3O5. The van der Waals surface area contributed by atoms with E-state index in [0.29, 0.717) is 13.0 Å². The molecule has 0 unspecified atom stereocenters. The maximum absolute atomic E-state index is 11.7. The first kappa shape index (κ1) is 18.4. The third-order valence-corrected chi connectivity index (χ3v) is 3.80. The Morgan fingerprint density at radius 2 is 2.04 bits per heavy atom. The van der Waals surface area contributed by atoms with E-state index in [2.05, 4.69) is 10.6 Å². The number of carbonyl (C=O) groups excluding carboxylic acids is 4. The number of imide groups is 1. The molecule has 1 aliphatic rings. The number of hydrogen-bond acceptors (Lipinski definition) is 5. The fraction of sp³-hybridized carbons (Fsp3) is 0.412. The van der Waals surface area contributed by atoms with Crippen LogP contribution >= 0.6 is 0 Å². The average molecular weight is 347 g/mol. The van der Waals surface area contributed by atoms with Gasteiger partial charge in [-0.25, -0.2) is 4.79 Å². The monoisotopic (exact) mass is 347 g/mol. The molecule has 0 saturated carbocycles. The fourth-order valence-corrected chi connectivity index (χ4v) is 2.33. The number of rotatable bonds is 8. The van der Waals surface area contributed by atoms with Gasteiger partial charge in [-0.2, -0.15) is 0 Å². The van der Waals surface area contributed by atoms with Gasteiger partial charge in [-0.1, -0.05) is 24.3 Å². The van der Waals surface area contributed by atoms with Gasteiger partial charge in [0.25, 0.3) is 5.91 Å². The third kappa shape index (κ3) is 5.59. The maximum atomic E-state index is 11.7. The van der Waals surface area contributed by atoms with E-state index in [9.17, 15) is 19.2 Å². The summed E-state index contributed by atoms with van der Waals surface area (Å²) in [6.07, 6.45) is 0.324. The normalized spacial score (nSPS) is 13.6. The Bertz CT molecular complexity index is 658. The van der Waals surface area contributed by atoms with Gasteiger partial charge in [0.05, 0.1) is 6.54 Å². The number of nitrogens with zero attached hydrogens (tertiary/aromatic N) is 1. The minimum Gasteiger partial charge on any atom is -0.456 e. The van der Waals surface area contributed by atoms with Gasteiger partial charge in [-0.3, -0.25) is 19.3 Å². The highest BCUT2D eigenvalue weighted by atomic mass is 16.5. The van der Waals surface area contributed by atoms with Crippen LogP contribution in [-0.2, 0) is 25.7 Å². The van der Waals surface area contributed by atoms with Crippen LogP contribution < -0.4 is 10.6 Å². The van der Waals surface area contributed by atoms with E-state index in [1.54, 1.807) is 0 Å². The first-order valence-corrected chi connectivity index (χ1v) is 8.02. The number of ether oxygens (including phenoxy) is 1. The highest BCUT2D eigenvalue weighted by Crippen LogP contribution is 2.06. The number of aryl methyl sites for hydroxylation is 1. The number of hydrogen-bond donors (Lipinski definition) is 2. The van der Waals surface area contributed by atoms with Crippen LogP contribution in [0.5, 0.6) is 0 Å². The minimum atomic E-state index is -0.543. The smallest absolute Gasteiger partial charge is 0.324 e. The van der Waals surface area contributed by atoms with Crippen LogP contribution in [0.3, 0.4) is 0 Å². The van der Waals surface area contributed by atoms with Crippen molar-refractivity contribution >= 4 is 23.8 Å². The molecule has 0 spiro atoms. The molecule has 8 heteroatoms. The van der Waals surface area contributed by atoms with Gasteiger partial charge in [0, 0.05) is 19.5 Å². The number of esters is 1. The van der Waals surface area contributed by atoms with Crippen molar-refractivity contribution in [1.29, 1.82) is 0 Å². The predicted molar refractivity (Wildman–Crippen MR) is 88.3 cm³/mol. The molecular weight excluding hydrogens is 326 g/mol. The highest BCUT2D eigenvalue weighted by molar-refractivity contribution is 6.01. The van der Waals surface area contributed by atoms with E-state index >= 15 is 0 Å².